The lowest BCUT2D eigenvalue weighted by Crippen LogP contribution is -2.50. The fraction of sp³-hybridized carbons (Fsp3) is 0.389. The van der Waals surface area contributed by atoms with E-state index in [-0.39, 0.29) is 0 Å². The molecule has 3 rings (SSSR count). The molecular formula is C18H21NO2. The Morgan fingerprint density at radius 2 is 1.81 bits per heavy atom. The third kappa shape index (κ3) is 2.66. The number of nitrogens with one attached hydrogen (secondary N) is 1. The largest absolute Gasteiger partial charge is 0.480 e. The molecule has 0 heterocycles. The molecular weight excluding hydrogens is 262 g/mol. The Labute approximate surface area is 125 Å². The molecule has 2 aromatic rings. The molecule has 1 aliphatic carbocycles. The van der Waals surface area contributed by atoms with Crippen molar-refractivity contribution in [2.24, 2.45) is 0 Å². The highest BCUT2D eigenvalue weighted by Crippen LogP contribution is 2.29. The molecule has 1 atom stereocenters. The van der Waals surface area contributed by atoms with E-state index < -0.39 is 11.5 Å². The predicted octanol–water partition coefficient (Wildman–Crippen LogP) is 3.67. The molecule has 0 aromatic heterocycles. The fourth-order valence-corrected chi connectivity index (χ4v) is 3.25. The summed E-state index contributed by atoms with van der Waals surface area (Å²) in [5.41, 5.74) is -0.209. The first-order valence-corrected chi connectivity index (χ1v) is 7.60. The monoisotopic (exact) mass is 283 g/mol. The van der Waals surface area contributed by atoms with E-state index in [0.717, 1.165) is 29.2 Å². The minimum atomic E-state index is -1.03. The Hall–Kier alpha value is -1.87. The second kappa shape index (κ2) is 5.49. The van der Waals surface area contributed by atoms with Gasteiger partial charge < -0.3 is 5.11 Å². The first-order chi connectivity index (χ1) is 10.1. The standard InChI is InChI=1S/C18H21NO2/c1-18(17(20)21,19-16-8-4-5-9-16)15-11-10-13-6-2-3-7-14(13)12-15/h2-3,6-7,10-12,16,19H,4-5,8-9H2,1H3,(H,20,21). The lowest BCUT2D eigenvalue weighted by Gasteiger charge is -2.30. The quantitative estimate of drug-likeness (QED) is 0.900. The molecule has 0 radical (unpaired) electrons. The maximum atomic E-state index is 11.9. The smallest absolute Gasteiger partial charge is 0.328 e. The lowest BCUT2D eigenvalue weighted by atomic mass is 9.89. The molecule has 3 nitrogen and oxygen atoms in total. The summed E-state index contributed by atoms with van der Waals surface area (Å²) in [5.74, 6) is -0.815. The Morgan fingerprint density at radius 1 is 1.14 bits per heavy atom. The van der Waals surface area contributed by atoms with Gasteiger partial charge in [0.25, 0.3) is 0 Å². The van der Waals surface area contributed by atoms with Crippen LogP contribution in [0.4, 0.5) is 0 Å². The van der Waals surface area contributed by atoms with Crippen LogP contribution in [0.1, 0.15) is 38.2 Å². The Kier molecular flexibility index (Phi) is 3.68. The Bertz CT molecular complexity index is 661. The highest BCUT2D eigenvalue weighted by Gasteiger charge is 2.37. The van der Waals surface area contributed by atoms with E-state index in [0.29, 0.717) is 6.04 Å². The highest BCUT2D eigenvalue weighted by molar-refractivity contribution is 5.87. The molecule has 0 aliphatic heterocycles. The van der Waals surface area contributed by atoms with Gasteiger partial charge in [0.2, 0.25) is 0 Å². The topological polar surface area (TPSA) is 49.3 Å². The van der Waals surface area contributed by atoms with Crippen LogP contribution in [-0.4, -0.2) is 17.1 Å². The molecule has 2 N–H and O–H groups in total. The SMILES string of the molecule is CC(NC1CCCC1)(C(=O)O)c1ccc2ccccc2c1. The van der Waals surface area contributed by atoms with Crippen molar-refractivity contribution in [2.75, 3.05) is 0 Å². The summed E-state index contributed by atoms with van der Waals surface area (Å²) in [6.07, 6.45) is 4.50. The van der Waals surface area contributed by atoms with Gasteiger partial charge in [0.1, 0.15) is 5.54 Å². The molecule has 0 saturated heterocycles. The van der Waals surface area contributed by atoms with Crippen molar-refractivity contribution in [2.45, 2.75) is 44.2 Å². The van der Waals surface area contributed by atoms with Crippen molar-refractivity contribution in [3.63, 3.8) is 0 Å². The normalized spacial score (nSPS) is 18.7. The molecule has 110 valence electrons. The molecule has 1 saturated carbocycles. The van der Waals surface area contributed by atoms with Gasteiger partial charge in [-0.1, -0.05) is 49.2 Å². The third-order valence-corrected chi connectivity index (χ3v) is 4.60. The van der Waals surface area contributed by atoms with Crippen LogP contribution < -0.4 is 5.32 Å². The van der Waals surface area contributed by atoms with Gasteiger partial charge in [0, 0.05) is 6.04 Å². The molecule has 0 amide bonds. The zero-order chi connectivity index (χ0) is 14.9. The Morgan fingerprint density at radius 3 is 2.48 bits per heavy atom. The van der Waals surface area contributed by atoms with Crippen molar-refractivity contribution >= 4 is 16.7 Å². The average Bonchev–Trinajstić information content (AvgIpc) is 2.99. The first-order valence-electron chi connectivity index (χ1n) is 7.60. The molecule has 0 spiro atoms. The van der Waals surface area contributed by atoms with E-state index in [1.807, 2.05) is 42.5 Å². The number of hydrogen-bond acceptors (Lipinski definition) is 2. The maximum Gasteiger partial charge on any atom is 0.328 e. The van der Waals surface area contributed by atoms with Crippen LogP contribution in [0.2, 0.25) is 0 Å². The maximum absolute atomic E-state index is 11.9. The molecule has 3 heteroatoms. The number of benzene rings is 2. The number of aliphatic carboxylic acids is 1. The summed E-state index contributed by atoms with van der Waals surface area (Å²) in [5, 5.41) is 15.3. The van der Waals surface area contributed by atoms with Crippen molar-refractivity contribution in [1.29, 1.82) is 0 Å². The van der Waals surface area contributed by atoms with Crippen LogP contribution in [0, 0.1) is 0 Å². The summed E-state index contributed by atoms with van der Waals surface area (Å²) in [7, 11) is 0. The van der Waals surface area contributed by atoms with Gasteiger partial charge in [-0.25, -0.2) is 4.79 Å². The summed E-state index contributed by atoms with van der Waals surface area (Å²) < 4.78 is 0. The second-order valence-corrected chi connectivity index (χ2v) is 6.12. The number of hydrogen-bond donors (Lipinski definition) is 2. The van der Waals surface area contributed by atoms with E-state index in [9.17, 15) is 9.90 Å². The fourth-order valence-electron chi connectivity index (χ4n) is 3.25. The van der Waals surface area contributed by atoms with Gasteiger partial charge in [-0.15, -0.1) is 0 Å². The van der Waals surface area contributed by atoms with Gasteiger partial charge in [-0.2, -0.15) is 0 Å². The van der Waals surface area contributed by atoms with Crippen LogP contribution in [0.25, 0.3) is 10.8 Å². The minimum Gasteiger partial charge on any atom is -0.480 e. The first kappa shape index (κ1) is 14.1. The van der Waals surface area contributed by atoms with Crippen LogP contribution in [-0.2, 0) is 10.3 Å². The average molecular weight is 283 g/mol. The highest BCUT2D eigenvalue weighted by atomic mass is 16.4. The van der Waals surface area contributed by atoms with Gasteiger partial charge in [0.15, 0.2) is 0 Å². The number of rotatable bonds is 4. The molecule has 1 fully saturated rings. The van der Waals surface area contributed by atoms with Crippen LogP contribution >= 0.6 is 0 Å². The molecule has 1 unspecified atom stereocenters. The summed E-state index contributed by atoms with van der Waals surface area (Å²) in [4.78, 5) is 11.9. The van der Waals surface area contributed by atoms with Crippen molar-refractivity contribution in [1.82, 2.24) is 5.32 Å². The molecule has 1 aliphatic rings. The van der Waals surface area contributed by atoms with E-state index in [1.54, 1.807) is 6.92 Å². The van der Waals surface area contributed by atoms with Crippen molar-refractivity contribution in [3.8, 4) is 0 Å². The van der Waals surface area contributed by atoms with Gasteiger partial charge in [0.05, 0.1) is 0 Å². The Balaban J connectivity index is 1.99. The molecule has 21 heavy (non-hydrogen) atoms. The molecule has 2 aromatic carbocycles. The second-order valence-electron chi connectivity index (χ2n) is 6.12. The summed E-state index contributed by atoms with van der Waals surface area (Å²) in [6, 6.07) is 14.3. The van der Waals surface area contributed by atoms with E-state index >= 15 is 0 Å². The van der Waals surface area contributed by atoms with E-state index in [1.165, 1.54) is 12.8 Å². The van der Waals surface area contributed by atoms with Gasteiger partial charge in [-0.05, 0) is 42.2 Å². The third-order valence-electron chi connectivity index (χ3n) is 4.60. The van der Waals surface area contributed by atoms with Crippen molar-refractivity contribution < 1.29 is 9.90 Å². The predicted molar refractivity (Wildman–Crippen MR) is 84.3 cm³/mol. The van der Waals surface area contributed by atoms with E-state index in [4.69, 9.17) is 0 Å². The van der Waals surface area contributed by atoms with Gasteiger partial charge in [-0.3, -0.25) is 5.32 Å². The van der Waals surface area contributed by atoms with Crippen molar-refractivity contribution in [3.05, 3.63) is 48.0 Å². The van der Waals surface area contributed by atoms with E-state index in [2.05, 4.69) is 5.32 Å². The molecule has 0 bridgehead atoms. The van der Waals surface area contributed by atoms with Crippen LogP contribution in [0.5, 0.6) is 0 Å². The zero-order valence-electron chi connectivity index (χ0n) is 12.3. The minimum absolute atomic E-state index is 0.303. The van der Waals surface area contributed by atoms with Gasteiger partial charge >= 0.3 is 5.97 Å². The summed E-state index contributed by atoms with van der Waals surface area (Å²) >= 11 is 0. The van der Waals surface area contributed by atoms with Crippen LogP contribution in [0.15, 0.2) is 42.5 Å². The number of carboxylic acid groups (broad SMARTS) is 1. The lowest BCUT2D eigenvalue weighted by molar-refractivity contribution is -0.145. The van der Waals surface area contributed by atoms with Crippen LogP contribution in [0.3, 0.4) is 0 Å². The summed E-state index contributed by atoms with van der Waals surface area (Å²) in [6.45, 7) is 1.78. The number of carbonyl (C=O) groups is 1. The number of carboxylic acids is 1. The zero-order valence-corrected chi connectivity index (χ0v) is 12.3. The number of fused-ring (bicyclic) bond motifs is 1.